The third kappa shape index (κ3) is 3.17. The number of carbonyl (C=O) groups excluding carboxylic acids is 1. The van der Waals surface area contributed by atoms with Crippen molar-refractivity contribution in [3.05, 3.63) is 12.2 Å². The lowest BCUT2D eigenvalue weighted by Gasteiger charge is -2.44. The normalized spacial score (nSPS) is 47.3. The van der Waals surface area contributed by atoms with E-state index in [0.29, 0.717) is 0 Å². The lowest BCUT2D eigenvalue weighted by atomic mass is 9.88. The van der Waals surface area contributed by atoms with Crippen molar-refractivity contribution in [3.63, 3.8) is 0 Å². The van der Waals surface area contributed by atoms with Gasteiger partial charge in [0.05, 0.1) is 0 Å². The molecule has 2 rings (SSSR count). The summed E-state index contributed by atoms with van der Waals surface area (Å²) in [5.41, 5.74) is 5.61. The highest BCUT2D eigenvalue weighted by molar-refractivity contribution is 7.99. The SMILES string of the molecule is C[C@H]1/C=C/CCS[C@H]2O[C@H]([C@@H]1N)[C@H](OC=O)[C@@H](O)[C@H]2O. The van der Waals surface area contributed by atoms with E-state index in [2.05, 4.69) is 6.08 Å². The number of hydrogen-bond acceptors (Lipinski definition) is 7. The minimum Gasteiger partial charge on any atom is -0.459 e. The number of ether oxygens (including phenoxy) is 2. The fourth-order valence-corrected chi connectivity index (χ4v) is 3.59. The molecule has 2 bridgehead atoms. The molecular formula is C13H21NO5S. The van der Waals surface area contributed by atoms with E-state index in [4.69, 9.17) is 15.2 Å². The summed E-state index contributed by atoms with van der Waals surface area (Å²) in [5, 5.41) is 20.2. The summed E-state index contributed by atoms with van der Waals surface area (Å²) < 4.78 is 10.7. The van der Waals surface area contributed by atoms with Gasteiger partial charge in [-0.1, -0.05) is 19.1 Å². The fourth-order valence-electron chi connectivity index (χ4n) is 2.52. The largest absolute Gasteiger partial charge is 0.459 e. The second-order valence-electron chi connectivity index (χ2n) is 5.17. The smallest absolute Gasteiger partial charge is 0.293 e. The first-order chi connectivity index (χ1) is 9.56. The maximum Gasteiger partial charge on any atom is 0.293 e. The lowest BCUT2D eigenvalue weighted by Crippen LogP contribution is -2.63. The summed E-state index contributed by atoms with van der Waals surface area (Å²) in [7, 11) is 0. The van der Waals surface area contributed by atoms with Gasteiger partial charge in [0.15, 0.2) is 6.10 Å². The highest BCUT2D eigenvalue weighted by Gasteiger charge is 2.48. The van der Waals surface area contributed by atoms with E-state index in [0.717, 1.165) is 12.2 Å². The van der Waals surface area contributed by atoms with Crippen molar-refractivity contribution in [1.82, 2.24) is 0 Å². The monoisotopic (exact) mass is 303 g/mol. The Bertz CT molecular complexity index is 367. The molecule has 2 aliphatic rings. The molecule has 0 unspecified atom stereocenters. The second-order valence-corrected chi connectivity index (χ2v) is 6.38. The molecule has 1 saturated heterocycles. The molecule has 7 atom stereocenters. The van der Waals surface area contributed by atoms with Crippen molar-refractivity contribution in [1.29, 1.82) is 0 Å². The molecule has 2 heterocycles. The van der Waals surface area contributed by atoms with Gasteiger partial charge in [0.1, 0.15) is 23.7 Å². The minimum atomic E-state index is -1.20. The molecule has 1 fully saturated rings. The van der Waals surface area contributed by atoms with Crippen LogP contribution in [0.5, 0.6) is 0 Å². The van der Waals surface area contributed by atoms with E-state index in [-0.39, 0.29) is 12.4 Å². The zero-order chi connectivity index (χ0) is 14.7. The average Bonchev–Trinajstić information content (AvgIpc) is 2.44. The molecule has 0 aliphatic carbocycles. The molecule has 0 spiro atoms. The van der Waals surface area contributed by atoms with Crippen LogP contribution in [0.4, 0.5) is 0 Å². The first-order valence-corrected chi connectivity index (χ1v) is 7.75. The van der Waals surface area contributed by atoms with Gasteiger partial charge >= 0.3 is 0 Å². The van der Waals surface area contributed by atoms with Crippen molar-refractivity contribution < 1.29 is 24.5 Å². The topological polar surface area (TPSA) is 102 Å². The Kier molecular flexibility index (Phi) is 5.45. The summed E-state index contributed by atoms with van der Waals surface area (Å²) in [6.45, 7) is 2.20. The average molecular weight is 303 g/mol. The predicted octanol–water partition coefficient (Wildman–Crippen LogP) is -0.369. The van der Waals surface area contributed by atoms with Gasteiger partial charge in [0, 0.05) is 6.04 Å². The number of aliphatic hydroxyl groups excluding tert-OH is 2. The van der Waals surface area contributed by atoms with E-state index in [1.165, 1.54) is 11.8 Å². The number of rotatable bonds is 2. The highest BCUT2D eigenvalue weighted by atomic mass is 32.2. The van der Waals surface area contributed by atoms with Crippen LogP contribution in [0.15, 0.2) is 12.2 Å². The van der Waals surface area contributed by atoms with Crippen molar-refractivity contribution in [3.8, 4) is 0 Å². The van der Waals surface area contributed by atoms with Crippen molar-refractivity contribution >= 4 is 18.2 Å². The standard InChI is InChI=1S/C13H21NO5S/c1-7-4-2-3-5-20-13-10(17)9(16)12(18-6-15)11(19-13)8(7)14/h2,4,6-13,16-17H,3,5,14H2,1H3/b4-2+/t7-,8+,9-,10+,11+,12+,13+/m0/s1. The molecular weight excluding hydrogens is 282 g/mol. The molecule has 0 saturated carbocycles. The number of thioether (sulfide) groups is 1. The molecule has 0 radical (unpaired) electrons. The van der Waals surface area contributed by atoms with Gasteiger partial charge in [-0.25, -0.2) is 0 Å². The Balaban J connectivity index is 2.27. The Morgan fingerprint density at radius 2 is 2.20 bits per heavy atom. The first kappa shape index (κ1) is 15.8. The van der Waals surface area contributed by atoms with Crippen molar-refractivity contribution in [2.75, 3.05) is 5.75 Å². The van der Waals surface area contributed by atoms with Gasteiger partial charge in [-0.2, -0.15) is 0 Å². The third-order valence-electron chi connectivity index (χ3n) is 3.79. The van der Waals surface area contributed by atoms with Crippen LogP contribution in [-0.4, -0.2) is 58.3 Å². The number of aliphatic hydroxyl groups is 2. The molecule has 7 heteroatoms. The maximum atomic E-state index is 10.6. The number of hydrogen-bond donors (Lipinski definition) is 3. The lowest BCUT2D eigenvalue weighted by molar-refractivity contribution is -0.214. The molecule has 4 N–H and O–H groups in total. The van der Waals surface area contributed by atoms with E-state index in [1.54, 1.807) is 0 Å². The number of carbonyl (C=O) groups is 1. The summed E-state index contributed by atoms with van der Waals surface area (Å²) in [5.74, 6) is 0.794. The van der Waals surface area contributed by atoms with Crippen LogP contribution in [0, 0.1) is 5.92 Å². The van der Waals surface area contributed by atoms with Crippen LogP contribution in [0.1, 0.15) is 13.3 Å². The minimum absolute atomic E-state index is 0.0175. The van der Waals surface area contributed by atoms with Gasteiger partial charge in [-0.3, -0.25) is 4.79 Å². The quantitative estimate of drug-likeness (QED) is 0.472. The number of nitrogens with two attached hydrogens (primary N) is 1. The van der Waals surface area contributed by atoms with Crippen LogP contribution in [0.2, 0.25) is 0 Å². The van der Waals surface area contributed by atoms with Gasteiger partial charge < -0.3 is 25.4 Å². The second kappa shape index (κ2) is 6.91. The van der Waals surface area contributed by atoms with Gasteiger partial charge in [0.2, 0.25) is 0 Å². The Labute approximate surface area is 122 Å². The Morgan fingerprint density at radius 1 is 1.45 bits per heavy atom. The van der Waals surface area contributed by atoms with E-state index in [9.17, 15) is 15.0 Å². The number of fused-ring (bicyclic) bond motifs is 2. The van der Waals surface area contributed by atoms with Crippen LogP contribution in [0.3, 0.4) is 0 Å². The van der Waals surface area contributed by atoms with Crippen molar-refractivity contribution in [2.45, 2.75) is 49.2 Å². The third-order valence-corrected chi connectivity index (χ3v) is 4.98. The molecule has 0 aromatic carbocycles. The van der Waals surface area contributed by atoms with Crippen LogP contribution in [-0.2, 0) is 14.3 Å². The molecule has 20 heavy (non-hydrogen) atoms. The summed E-state index contributed by atoms with van der Waals surface area (Å²) >= 11 is 1.43. The van der Waals surface area contributed by atoms with Crippen LogP contribution in [0.25, 0.3) is 0 Å². The Morgan fingerprint density at radius 3 is 2.90 bits per heavy atom. The molecule has 114 valence electrons. The molecule has 0 aromatic heterocycles. The summed E-state index contributed by atoms with van der Waals surface area (Å²) in [4.78, 5) is 10.6. The van der Waals surface area contributed by atoms with Gasteiger partial charge in [-0.15, -0.1) is 11.8 Å². The van der Waals surface area contributed by atoms with E-state index in [1.807, 2.05) is 13.0 Å². The van der Waals surface area contributed by atoms with Gasteiger partial charge in [-0.05, 0) is 18.1 Å². The van der Waals surface area contributed by atoms with Gasteiger partial charge in [0.25, 0.3) is 6.47 Å². The van der Waals surface area contributed by atoms with Crippen LogP contribution < -0.4 is 5.73 Å². The first-order valence-electron chi connectivity index (χ1n) is 6.70. The maximum absolute atomic E-state index is 10.6. The van der Waals surface area contributed by atoms with Crippen LogP contribution >= 0.6 is 11.8 Å². The molecule has 0 amide bonds. The van der Waals surface area contributed by atoms with E-state index >= 15 is 0 Å². The summed E-state index contributed by atoms with van der Waals surface area (Å²) in [6.07, 6.45) is 1.01. The molecule has 2 aliphatic heterocycles. The molecule has 6 nitrogen and oxygen atoms in total. The Hall–Kier alpha value is -0.600. The number of allylic oxidation sites excluding steroid dienone is 1. The zero-order valence-electron chi connectivity index (χ0n) is 11.3. The predicted molar refractivity (Wildman–Crippen MR) is 75.0 cm³/mol. The fraction of sp³-hybridized carbons (Fsp3) is 0.769. The zero-order valence-corrected chi connectivity index (χ0v) is 12.1. The highest BCUT2D eigenvalue weighted by Crippen LogP contribution is 2.33. The molecule has 0 aromatic rings. The summed E-state index contributed by atoms with van der Waals surface area (Å²) in [6, 6.07) is -0.431. The van der Waals surface area contributed by atoms with Crippen molar-refractivity contribution in [2.24, 2.45) is 11.7 Å². The van der Waals surface area contributed by atoms with E-state index < -0.39 is 35.9 Å².